The summed E-state index contributed by atoms with van der Waals surface area (Å²) in [5, 5.41) is 9.53. The summed E-state index contributed by atoms with van der Waals surface area (Å²) in [6.07, 6.45) is 0.0961. The van der Waals surface area contributed by atoms with Crippen molar-refractivity contribution in [3.63, 3.8) is 0 Å². The van der Waals surface area contributed by atoms with Crippen molar-refractivity contribution in [2.24, 2.45) is 0 Å². The molecule has 1 aromatic rings. The third-order valence-corrected chi connectivity index (χ3v) is 3.37. The molecule has 0 spiro atoms. The van der Waals surface area contributed by atoms with Gasteiger partial charge in [-0.2, -0.15) is 0 Å². The van der Waals surface area contributed by atoms with E-state index in [0.29, 0.717) is 18.4 Å². The molecular weight excluding hydrogens is 242 g/mol. The second-order valence-corrected chi connectivity index (χ2v) is 5.40. The minimum Gasteiger partial charge on any atom is -0.508 e. The predicted octanol–water partition coefficient (Wildman–Crippen LogP) is 2.19. The number of aryl methyl sites for hydroxylation is 1. The molecule has 4 heteroatoms. The first-order valence-corrected chi connectivity index (χ1v) is 6.83. The van der Waals surface area contributed by atoms with Gasteiger partial charge in [-0.3, -0.25) is 4.90 Å². The number of aromatic hydroxyl groups is 1. The highest BCUT2D eigenvalue weighted by Crippen LogP contribution is 2.21. The first-order valence-electron chi connectivity index (χ1n) is 6.83. The van der Waals surface area contributed by atoms with Crippen molar-refractivity contribution in [2.45, 2.75) is 32.9 Å². The maximum absolute atomic E-state index is 9.53. The van der Waals surface area contributed by atoms with E-state index in [-0.39, 0.29) is 11.9 Å². The first kappa shape index (κ1) is 14.2. The number of hydrogen-bond donors (Lipinski definition) is 1. The predicted molar refractivity (Wildman–Crippen MR) is 74.8 cm³/mol. The molecule has 0 amide bonds. The van der Waals surface area contributed by atoms with Crippen molar-refractivity contribution in [2.75, 3.05) is 26.3 Å². The molecule has 1 aliphatic heterocycles. The number of benzene rings is 1. The summed E-state index contributed by atoms with van der Waals surface area (Å²) < 4.78 is 11.4. The second-order valence-electron chi connectivity index (χ2n) is 5.40. The van der Waals surface area contributed by atoms with E-state index in [9.17, 15) is 5.11 Å². The van der Waals surface area contributed by atoms with Crippen LogP contribution in [0, 0.1) is 6.92 Å². The lowest BCUT2D eigenvalue weighted by atomic mass is 10.2. The number of ether oxygens (including phenoxy) is 2. The molecule has 1 aliphatic rings. The van der Waals surface area contributed by atoms with Crippen molar-refractivity contribution in [3.8, 4) is 11.5 Å². The third kappa shape index (κ3) is 4.11. The van der Waals surface area contributed by atoms with E-state index >= 15 is 0 Å². The highest BCUT2D eigenvalue weighted by molar-refractivity contribution is 5.36. The number of phenolic OH excluding ortho intramolecular Hbond substituents is 1. The maximum Gasteiger partial charge on any atom is 0.123 e. The van der Waals surface area contributed by atoms with Gasteiger partial charge in [0, 0.05) is 25.2 Å². The zero-order chi connectivity index (χ0) is 13.8. The molecule has 4 nitrogen and oxygen atoms in total. The van der Waals surface area contributed by atoms with Gasteiger partial charge in [-0.05, 0) is 38.5 Å². The van der Waals surface area contributed by atoms with Crippen LogP contribution in [-0.2, 0) is 4.74 Å². The molecule has 0 saturated carbocycles. The summed E-state index contributed by atoms with van der Waals surface area (Å²) in [5.41, 5.74) is 0.989. The van der Waals surface area contributed by atoms with Gasteiger partial charge in [-0.25, -0.2) is 0 Å². The lowest BCUT2D eigenvalue weighted by Crippen LogP contribution is -2.47. The van der Waals surface area contributed by atoms with Crippen molar-refractivity contribution >= 4 is 0 Å². The minimum atomic E-state index is 0.0961. The highest BCUT2D eigenvalue weighted by Gasteiger charge is 2.22. The quantitative estimate of drug-likeness (QED) is 0.906. The van der Waals surface area contributed by atoms with Crippen LogP contribution in [0.3, 0.4) is 0 Å². The Morgan fingerprint density at radius 3 is 2.89 bits per heavy atom. The molecule has 0 aromatic heterocycles. The van der Waals surface area contributed by atoms with Gasteiger partial charge in [0.1, 0.15) is 24.2 Å². The lowest BCUT2D eigenvalue weighted by molar-refractivity contribution is -0.0564. The van der Waals surface area contributed by atoms with E-state index in [1.807, 2.05) is 13.0 Å². The normalized spacial score (nSPS) is 20.7. The van der Waals surface area contributed by atoms with Crippen LogP contribution in [0.25, 0.3) is 0 Å². The van der Waals surface area contributed by atoms with Crippen molar-refractivity contribution in [1.29, 1.82) is 0 Å². The monoisotopic (exact) mass is 265 g/mol. The number of rotatable bonds is 4. The minimum absolute atomic E-state index is 0.0961. The Bertz CT molecular complexity index is 400. The van der Waals surface area contributed by atoms with Crippen LogP contribution < -0.4 is 4.74 Å². The summed E-state index contributed by atoms with van der Waals surface area (Å²) in [6, 6.07) is 5.80. The fourth-order valence-corrected chi connectivity index (χ4v) is 2.31. The number of nitrogens with zero attached hydrogens (tertiary/aromatic N) is 1. The molecule has 2 rings (SSSR count). The molecule has 0 aliphatic carbocycles. The van der Waals surface area contributed by atoms with E-state index in [1.165, 1.54) is 0 Å². The SMILES string of the molecule is Cc1cc(O)cc(OCC2CN(C(C)C)CCO2)c1. The van der Waals surface area contributed by atoms with E-state index in [0.717, 1.165) is 25.3 Å². The number of phenols is 1. The summed E-state index contributed by atoms with van der Waals surface area (Å²) in [6.45, 7) is 9.49. The smallest absolute Gasteiger partial charge is 0.123 e. The van der Waals surface area contributed by atoms with Crippen molar-refractivity contribution in [1.82, 2.24) is 4.90 Å². The van der Waals surface area contributed by atoms with Gasteiger partial charge in [-0.15, -0.1) is 0 Å². The van der Waals surface area contributed by atoms with Gasteiger partial charge in [0.05, 0.1) is 6.61 Å². The highest BCUT2D eigenvalue weighted by atomic mass is 16.5. The number of hydrogen-bond acceptors (Lipinski definition) is 4. The average molecular weight is 265 g/mol. The Kier molecular flexibility index (Phi) is 4.66. The molecule has 19 heavy (non-hydrogen) atoms. The molecule has 1 N–H and O–H groups in total. The Hall–Kier alpha value is -1.26. The Morgan fingerprint density at radius 2 is 2.21 bits per heavy atom. The van der Waals surface area contributed by atoms with Crippen LogP contribution >= 0.6 is 0 Å². The Labute approximate surface area is 114 Å². The molecule has 0 radical (unpaired) electrons. The largest absolute Gasteiger partial charge is 0.508 e. The molecule has 1 heterocycles. The first-order chi connectivity index (χ1) is 9.04. The molecule has 0 bridgehead atoms. The summed E-state index contributed by atoms with van der Waals surface area (Å²) in [7, 11) is 0. The molecular formula is C15H23NO3. The van der Waals surface area contributed by atoms with Crippen LogP contribution in [0.2, 0.25) is 0 Å². The van der Waals surface area contributed by atoms with Crippen molar-refractivity contribution < 1.29 is 14.6 Å². The zero-order valence-corrected chi connectivity index (χ0v) is 11.9. The van der Waals surface area contributed by atoms with Crippen LogP contribution in [0.5, 0.6) is 11.5 Å². The standard InChI is InChI=1S/C15H23NO3/c1-11(2)16-4-5-18-15(9-16)10-19-14-7-12(3)6-13(17)8-14/h6-8,11,15,17H,4-5,9-10H2,1-3H3. The molecule has 1 atom stereocenters. The van der Waals surface area contributed by atoms with Crippen LogP contribution in [0.4, 0.5) is 0 Å². The van der Waals surface area contributed by atoms with Crippen LogP contribution in [-0.4, -0.2) is 48.5 Å². The van der Waals surface area contributed by atoms with Gasteiger partial charge in [0.2, 0.25) is 0 Å². The zero-order valence-electron chi connectivity index (χ0n) is 11.9. The fraction of sp³-hybridized carbons (Fsp3) is 0.600. The second kappa shape index (κ2) is 6.26. The summed E-state index contributed by atoms with van der Waals surface area (Å²) in [5.74, 6) is 0.936. The van der Waals surface area contributed by atoms with Gasteiger partial charge >= 0.3 is 0 Å². The van der Waals surface area contributed by atoms with Gasteiger partial charge in [-0.1, -0.05) is 0 Å². The molecule has 1 unspecified atom stereocenters. The van der Waals surface area contributed by atoms with E-state index in [2.05, 4.69) is 18.7 Å². The van der Waals surface area contributed by atoms with Crippen LogP contribution in [0.15, 0.2) is 18.2 Å². The van der Waals surface area contributed by atoms with Crippen molar-refractivity contribution in [3.05, 3.63) is 23.8 Å². The summed E-state index contributed by atoms with van der Waals surface area (Å²) in [4.78, 5) is 2.39. The van der Waals surface area contributed by atoms with E-state index in [1.54, 1.807) is 12.1 Å². The van der Waals surface area contributed by atoms with Crippen LogP contribution in [0.1, 0.15) is 19.4 Å². The van der Waals surface area contributed by atoms with Gasteiger partial charge < -0.3 is 14.6 Å². The van der Waals surface area contributed by atoms with Gasteiger partial charge in [0.25, 0.3) is 0 Å². The molecule has 1 fully saturated rings. The van der Waals surface area contributed by atoms with E-state index in [4.69, 9.17) is 9.47 Å². The topological polar surface area (TPSA) is 41.9 Å². The van der Waals surface area contributed by atoms with Gasteiger partial charge in [0.15, 0.2) is 0 Å². The third-order valence-electron chi connectivity index (χ3n) is 3.37. The number of morpholine rings is 1. The van der Waals surface area contributed by atoms with E-state index < -0.39 is 0 Å². The Morgan fingerprint density at radius 1 is 1.42 bits per heavy atom. The molecule has 1 aromatic carbocycles. The lowest BCUT2D eigenvalue weighted by Gasteiger charge is -2.35. The molecule has 106 valence electrons. The fourth-order valence-electron chi connectivity index (χ4n) is 2.31. The summed E-state index contributed by atoms with van der Waals surface area (Å²) >= 11 is 0. The maximum atomic E-state index is 9.53. The Balaban J connectivity index is 1.87. The molecule has 1 saturated heterocycles. The average Bonchev–Trinajstić information content (AvgIpc) is 2.35.